The highest BCUT2D eigenvalue weighted by Gasteiger charge is 2.18. The summed E-state index contributed by atoms with van der Waals surface area (Å²) in [7, 11) is 4.59. The minimum atomic E-state index is -0.148. The van der Waals surface area contributed by atoms with Crippen molar-refractivity contribution in [3.05, 3.63) is 52.6 Å². The SMILES string of the molecule is COc1cc(-c2nnc(CSc3nc4ccccc4c(=O)n3CCCO)o2)cc(OC)c1OC. The topological polar surface area (TPSA) is 122 Å². The van der Waals surface area contributed by atoms with E-state index in [0.717, 1.165) is 0 Å². The van der Waals surface area contributed by atoms with Crippen LogP contribution in [0.15, 0.2) is 50.8 Å². The van der Waals surface area contributed by atoms with E-state index < -0.39 is 0 Å². The lowest BCUT2D eigenvalue weighted by Crippen LogP contribution is -2.24. The number of rotatable bonds is 10. The van der Waals surface area contributed by atoms with Crippen LogP contribution in [0.4, 0.5) is 0 Å². The van der Waals surface area contributed by atoms with Gasteiger partial charge in [0.05, 0.1) is 38.0 Å². The van der Waals surface area contributed by atoms with Gasteiger partial charge in [-0.2, -0.15) is 0 Å². The number of aliphatic hydroxyl groups excluding tert-OH is 1. The Hall–Kier alpha value is -3.57. The van der Waals surface area contributed by atoms with Gasteiger partial charge in [-0.1, -0.05) is 23.9 Å². The first-order valence-electron chi connectivity index (χ1n) is 10.5. The van der Waals surface area contributed by atoms with Gasteiger partial charge in [0.2, 0.25) is 17.5 Å². The van der Waals surface area contributed by atoms with Crippen molar-refractivity contribution in [2.24, 2.45) is 0 Å². The molecule has 0 aliphatic heterocycles. The largest absolute Gasteiger partial charge is 0.493 e. The zero-order chi connectivity index (χ0) is 24.1. The zero-order valence-electron chi connectivity index (χ0n) is 19.0. The van der Waals surface area contributed by atoms with Crippen LogP contribution in [0, 0.1) is 0 Å². The van der Waals surface area contributed by atoms with E-state index in [1.165, 1.54) is 33.1 Å². The van der Waals surface area contributed by atoms with E-state index in [2.05, 4.69) is 15.2 Å². The lowest BCUT2D eigenvalue weighted by atomic mass is 10.2. The maximum absolute atomic E-state index is 13.0. The van der Waals surface area contributed by atoms with Gasteiger partial charge < -0.3 is 23.7 Å². The van der Waals surface area contributed by atoms with E-state index in [1.54, 1.807) is 34.9 Å². The molecule has 11 heteroatoms. The Labute approximate surface area is 199 Å². The molecular formula is C23H24N4O6S. The van der Waals surface area contributed by atoms with E-state index in [9.17, 15) is 9.90 Å². The summed E-state index contributed by atoms with van der Waals surface area (Å²) in [6.45, 7) is 0.335. The van der Waals surface area contributed by atoms with E-state index in [4.69, 9.17) is 18.6 Å². The molecular weight excluding hydrogens is 460 g/mol. The molecule has 1 N–H and O–H groups in total. The van der Waals surface area contributed by atoms with Crippen LogP contribution in [0.3, 0.4) is 0 Å². The summed E-state index contributed by atoms with van der Waals surface area (Å²) in [5.74, 6) is 2.37. The molecule has 34 heavy (non-hydrogen) atoms. The van der Waals surface area contributed by atoms with Crippen molar-refractivity contribution >= 4 is 22.7 Å². The quantitative estimate of drug-likeness (QED) is 0.265. The van der Waals surface area contributed by atoms with Crippen LogP contribution in [0.1, 0.15) is 12.3 Å². The zero-order valence-corrected chi connectivity index (χ0v) is 19.8. The third-order valence-electron chi connectivity index (χ3n) is 5.07. The lowest BCUT2D eigenvalue weighted by molar-refractivity contribution is 0.276. The van der Waals surface area contributed by atoms with Gasteiger partial charge in [-0.3, -0.25) is 9.36 Å². The second-order valence-electron chi connectivity index (χ2n) is 7.15. The van der Waals surface area contributed by atoms with E-state index >= 15 is 0 Å². The molecule has 0 amide bonds. The fraction of sp³-hybridized carbons (Fsp3) is 0.304. The average molecular weight is 485 g/mol. The number of para-hydroxylation sites is 1. The molecule has 10 nitrogen and oxygen atoms in total. The van der Waals surface area contributed by atoms with Gasteiger partial charge in [-0.15, -0.1) is 10.2 Å². The van der Waals surface area contributed by atoms with Crippen LogP contribution in [-0.2, 0) is 12.3 Å². The molecule has 2 aromatic carbocycles. The van der Waals surface area contributed by atoms with Crippen molar-refractivity contribution in [2.45, 2.75) is 23.9 Å². The smallest absolute Gasteiger partial charge is 0.262 e. The molecule has 0 spiro atoms. The molecule has 2 heterocycles. The van der Waals surface area contributed by atoms with Crippen LogP contribution in [0.5, 0.6) is 17.2 Å². The van der Waals surface area contributed by atoms with Crippen LogP contribution in [0.2, 0.25) is 0 Å². The number of benzene rings is 2. The number of aliphatic hydroxyl groups is 1. The number of aromatic nitrogens is 4. The first-order valence-corrected chi connectivity index (χ1v) is 11.4. The van der Waals surface area contributed by atoms with Crippen LogP contribution in [0.25, 0.3) is 22.4 Å². The van der Waals surface area contributed by atoms with Crippen LogP contribution < -0.4 is 19.8 Å². The Kier molecular flexibility index (Phi) is 7.33. The van der Waals surface area contributed by atoms with Crippen molar-refractivity contribution in [3.8, 4) is 28.7 Å². The van der Waals surface area contributed by atoms with Crippen molar-refractivity contribution in [1.29, 1.82) is 0 Å². The third-order valence-corrected chi connectivity index (χ3v) is 6.03. The Balaban J connectivity index is 1.61. The Morgan fingerprint density at radius 2 is 1.79 bits per heavy atom. The highest BCUT2D eigenvalue weighted by molar-refractivity contribution is 7.98. The number of methoxy groups -OCH3 is 3. The molecule has 0 saturated heterocycles. The first-order chi connectivity index (χ1) is 16.6. The predicted octanol–water partition coefficient (Wildman–Crippen LogP) is 3.15. The fourth-order valence-electron chi connectivity index (χ4n) is 3.44. The number of hydrogen-bond acceptors (Lipinski definition) is 10. The van der Waals surface area contributed by atoms with Gasteiger partial charge in [-0.25, -0.2) is 4.98 Å². The molecule has 0 unspecified atom stereocenters. The lowest BCUT2D eigenvalue weighted by Gasteiger charge is -2.12. The Bertz CT molecular complexity index is 1330. The monoisotopic (exact) mass is 484 g/mol. The molecule has 4 rings (SSSR count). The first kappa shape index (κ1) is 23.6. The second kappa shape index (κ2) is 10.6. The molecule has 0 radical (unpaired) electrons. The van der Waals surface area contributed by atoms with Gasteiger partial charge in [0.15, 0.2) is 16.7 Å². The second-order valence-corrected chi connectivity index (χ2v) is 8.09. The van der Waals surface area contributed by atoms with E-state index in [-0.39, 0.29) is 12.2 Å². The van der Waals surface area contributed by atoms with Crippen LogP contribution in [-0.4, -0.2) is 52.8 Å². The number of thioether (sulfide) groups is 1. The molecule has 178 valence electrons. The standard InChI is InChI=1S/C23H24N4O6S/c1-30-17-11-14(12-18(31-2)20(17)32-3)21-26-25-19(33-21)13-34-23-24-16-8-5-4-7-15(16)22(29)27(23)9-6-10-28/h4-5,7-8,11-12,28H,6,9-10,13H2,1-3H3. The summed E-state index contributed by atoms with van der Waals surface area (Å²) < 4.78 is 23.5. The van der Waals surface area contributed by atoms with Crippen molar-refractivity contribution in [2.75, 3.05) is 27.9 Å². The van der Waals surface area contributed by atoms with Crippen LogP contribution >= 0.6 is 11.8 Å². The summed E-state index contributed by atoms with van der Waals surface area (Å²) in [5, 5.41) is 18.6. The van der Waals surface area contributed by atoms with Gasteiger partial charge >= 0.3 is 0 Å². The summed E-state index contributed by atoms with van der Waals surface area (Å²) in [5.41, 5.74) is 1.08. The predicted molar refractivity (Wildman–Crippen MR) is 127 cm³/mol. The normalized spacial score (nSPS) is 11.1. The van der Waals surface area contributed by atoms with Gasteiger partial charge in [0, 0.05) is 18.7 Å². The maximum atomic E-state index is 13.0. The van der Waals surface area contributed by atoms with E-state index in [1.807, 2.05) is 6.07 Å². The summed E-state index contributed by atoms with van der Waals surface area (Å²) in [4.78, 5) is 17.6. The van der Waals surface area contributed by atoms with Gasteiger partial charge in [0.1, 0.15) is 0 Å². The molecule has 0 fully saturated rings. The third kappa shape index (κ3) is 4.70. The molecule has 2 aromatic heterocycles. The summed E-state index contributed by atoms with van der Waals surface area (Å²) in [6.07, 6.45) is 0.444. The van der Waals surface area contributed by atoms with Gasteiger partial charge in [-0.05, 0) is 30.7 Å². The molecule has 4 aromatic rings. The minimum absolute atomic E-state index is 0.0226. The summed E-state index contributed by atoms with van der Waals surface area (Å²) >= 11 is 1.31. The molecule has 0 atom stereocenters. The van der Waals surface area contributed by atoms with E-state index in [0.29, 0.717) is 69.4 Å². The fourth-order valence-corrected chi connectivity index (χ4v) is 4.31. The van der Waals surface area contributed by atoms with Crippen molar-refractivity contribution in [1.82, 2.24) is 19.7 Å². The Morgan fingerprint density at radius 1 is 1.06 bits per heavy atom. The maximum Gasteiger partial charge on any atom is 0.262 e. The van der Waals surface area contributed by atoms with Gasteiger partial charge in [0.25, 0.3) is 5.56 Å². The van der Waals surface area contributed by atoms with Crippen molar-refractivity contribution in [3.63, 3.8) is 0 Å². The van der Waals surface area contributed by atoms with Crippen molar-refractivity contribution < 1.29 is 23.7 Å². The number of nitrogens with zero attached hydrogens (tertiary/aromatic N) is 4. The number of fused-ring (bicyclic) bond motifs is 1. The number of hydrogen-bond donors (Lipinski definition) is 1. The molecule has 0 aliphatic rings. The highest BCUT2D eigenvalue weighted by Crippen LogP contribution is 2.41. The summed E-state index contributed by atoms with van der Waals surface area (Å²) in [6, 6.07) is 10.6. The Morgan fingerprint density at radius 3 is 2.47 bits per heavy atom. The molecule has 0 bridgehead atoms. The minimum Gasteiger partial charge on any atom is -0.493 e. The number of ether oxygens (including phenoxy) is 3. The highest BCUT2D eigenvalue weighted by atomic mass is 32.2. The average Bonchev–Trinajstić information content (AvgIpc) is 3.35. The molecule has 0 saturated carbocycles. The molecule has 0 aliphatic carbocycles.